The summed E-state index contributed by atoms with van der Waals surface area (Å²) in [6.07, 6.45) is 3.19. The van der Waals surface area contributed by atoms with E-state index in [0.717, 1.165) is 19.3 Å². The summed E-state index contributed by atoms with van der Waals surface area (Å²) in [5, 5.41) is 9.91. The lowest BCUT2D eigenvalue weighted by Gasteiger charge is -2.29. The van der Waals surface area contributed by atoms with Gasteiger partial charge in [-0.3, -0.25) is 0 Å². The Labute approximate surface area is 95.1 Å². The zero-order chi connectivity index (χ0) is 11.5. The largest absolute Gasteiger partial charge is 0.490 e. The van der Waals surface area contributed by atoms with Crippen LogP contribution < -0.4 is 4.74 Å². The van der Waals surface area contributed by atoms with E-state index >= 15 is 0 Å². The predicted octanol–water partition coefficient (Wildman–Crippen LogP) is 3.20. The third-order valence-corrected chi connectivity index (χ3v) is 2.99. The molecule has 1 aliphatic rings. The van der Waals surface area contributed by atoms with Gasteiger partial charge in [-0.25, -0.2) is 4.39 Å². The molecule has 0 bridgehead atoms. The van der Waals surface area contributed by atoms with Gasteiger partial charge in [-0.15, -0.1) is 0 Å². The van der Waals surface area contributed by atoms with Crippen molar-refractivity contribution in [1.82, 2.24) is 0 Å². The molecule has 1 aromatic carbocycles. The minimum Gasteiger partial charge on any atom is -0.490 e. The molecule has 0 amide bonds. The van der Waals surface area contributed by atoms with Crippen LogP contribution in [0.15, 0.2) is 18.2 Å². The molecule has 0 fully saturated rings. The zero-order valence-corrected chi connectivity index (χ0v) is 9.45. The van der Waals surface area contributed by atoms with E-state index in [1.54, 1.807) is 6.07 Å². The maximum absolute atomic E-state index is 13.0. The first-order valence-electron chi connectivity index (χ1n) is 5.85. The van der Waals surface area contributed by atoms with Gasteiger partial charge in [0.25, 0.3) is 0 Å². The Morgan fingerprint density at radius 3 is 3.06 bits per heavy atom. The molecule has 0 aliphatic carbocycles. The molecule has 2 nitrogen and oxygen atoms in total. The highest BCUT2D eigenvalue weighted by atomic mass is 19.1. The van der Waals surface area contributed by atoms with Crippen LogP contribution in [0.2, 0.25) is 0 Å². The fourth-order valence-electron chi connectivity index (χ4n) is 2.10. The van der Waals surface area contributed by atoms with Gasteiger partial charge >= 0.3 is 0 Å². The highest BCUT2D eigenvalue weighted by molar-refractivity contribution is 5.37. The second kappa shape index (κ2) is 4.83. The normalized spacial score (nSPS) is 23.7. The first-order chi connectivity index (χ1) is 7.70. The van der Waals surface area contributed by atoms with Crippen LogP contribution >= 0.6 is 0 Å². The molecule has 88 valence electrons. The number of ether oxygens (including phenoxy) is 1. The van der Waals surface area contributed by atoms with Crippen LogP contribution in [-0.2, 0) is 0 Å². The van der Waals surface area contributed by atoms with E-state index in [2.05, 4.69) is 6.92 Å². The van der Waals surface area contributed by atoms with E-state index in [1.807, 2.05) is 0 Å². The van der Waals surface area contributed by atoms with Crippen molar-refractivity contribution in [3.8, 4) is 5.75 Å². The monoisotopic (exact) mass is 224 g/mol. The third-order valence-electron chi connectivity index (χ3n) is 2.99. The van der Waals surface area contributed by atoms with Crippen molar-refractivity contribution in [2.24, 2.45) is 0 Å². The minimum absolute atomic E-state index is 0.0629. The SMILES string of the molecule is CCCCC1C[C@H](O)c2cc(F)ccc2O1. The van der Waals surface area contributed by atoms with Gasteiger partial charge in [-0.05, 0) is 24.6 Å². The fourth-order valence-corrected chi connectivity index (χ4v) is 2.10. The lowest BCUT2D eigenvalue weighted by atomic mass is 9.96. The van der Waals surface area contributed by atoms with Crippen molar-refractivity contribution in [2.75, 3.05) is 0 Å². The van der Waals surface area contributed by atoms with E-state index in [9.17, 15) is 9.50 Å². The second-order valence-electron chi connectivity index (χ2n) is 4.32. The Morgan fingerprint density at radius 2 is 2.31 bits per heavy atom. The van der Waals surface area contributed by atoms with E-state index < -0.39 is 6.10 Å². The van der Waals surface area contributed by atoms with Crippen LogP contribution in [0.4, 0.5) is 4.39 Å². The average molecular weight is 224 g/mol. The summed E-state index contributed by atoms with van der Waals surface area (Å²) in [7, 11) is 0. The molecular weight excluding hydrogens is 207 g/mol. The summed E-state index contributed by atoms with van der Waals surface area (Å²) in [5.74, 6) is 0.301. The fraction of sp³-hybridized carbons (Fsp3) is 0.538. The Morgan fingerprint density at radius 1 is 1.50 bits per heavy atom. The van der Waals surface area contributed by atoms with Crippen molar-refractivity contribution < 1.29 is 14.2 Å². The minimum atomic E-state index is -0.596. The summed E-state index contributed by atoms with van der Waals surface area (Å²) < 4.78 is 18.7. The lowest BCUT2D eigenvalue weighted by molar-refractivity contribution is 0.0603. The van der Waals surface area contributed by atoms with Crippen molar-refractivity contribution >= 4 is 0 Å². The van der Waals surface area contributed by atoms with Crippen LogP contribution in [0.25, 0.3) is 0 Å². The molecule has 1 aromatic rings. The highest BCUT2D eigenvalue weighted by Crippen LogP contribution is 2.36. The summed E-state index contributed by atoms with van der Waals surface area (Å²) in [5.41, 5.74) is 0.577. The average Bonchev–Trinajstić information content (AvgIpc) is 2.27. The first kappa shape index (κ1) is 11.4. The summed E-state index contributed by atoms with van der Waals surface area (Å²) in [6, 6.07) is 4.33. The van der Waals surface area contributed by atoms with Crippen molar-refractivity contribution in [3.63, 3.8) is 0 Å². The van der Waals surface area contributed by atoms with Gasteiger partial charge in [-0.2, -0.15) is 0 Å². The van der Waals surface area contributed by atoms with Gasteiger partial charge in [0.05, 0.1) is 6.10 Å². The maximum Gasteiger partial charge on any atom is 0.125 e. The van der Waals surface area contributed by atoms with Gasteiger partial charge in [0.2, 0.25) is 0 Å². The highest BCUT2D eigenvalue weighted by Gasteiger charge is 2.26. The lowest BCUT2D eigenvalue weighted by Crippen LogP contribution is -2.25. The van der Waals surface area contributed by atoms with E-state index in [0.29, 0.717) is 17.7 Å². The van der Waals surface area contributed by atoms with E-state index in [4.69, 9.17) is 4.74 Å². The third kappa shape index (κ3) is 2.35. The standard InChI is InChI=1S/C13H17FO2/c1-2-3-4-10-8-12(15)11-7-9(14)5-6-13(11)16-10/h5-7,10,12,15H,2-4,8H2,1H3/t10?,12-/m0/s1. The number of rotatable bonds is 3. The van der Waals surface area contributed by atoms with Gasteiger partial charge in [0, 0.05) is 12.0 Å². The van der Waals surface area contributed by atoms with Crippen LogP contribution in [0.1, 0.15) is 44.3 Å². The molecule has 0 spiro atoms. The van der Waals surface area contributed by atoms with Gasteiger partial charge in [-0.1, -0.05) is 19.8 Å². The molecule has 0 radical (unpaired) electrons. The number of fused-ring (bicyclic) bond motifs is 1. The maximum atomic E-state index is 13.0. The molecular formula is C13H17FO2. The van der Waals surface area contributed by atoms with Crippen LogP contribution in [-0.4, -0.2) is 11.2 Å². The Kier molecular flexibility index (Phi) is 3.44. The first-order valence-corrected chi connectivity index (χ1v) is 5.85. The molecule has 2 atom stereocenters. The summed E-state index contributed by atoms with van der Waals surface area (Å²) >= 11 is 0. The Hall–Kier alpha value is -1.09. The molecule has 3 heteroatoms. The van der Waals surface area contributed by atoms with Gasteiger partial charge < -0.3 is 9.84 Å². The second-order valence-corrected chi connectivity index (χ2v) is 4.32. The molecule has 16 heavy (non-hydrogen) atoms. The number of hydrogen-bond acceptors (Lipinski definition) is 2. The molecule has 1 aliphatic heterocycles. The quantitative estimate of drug-likeness (QED) is 0.854. The van der Waals surface area contributed by atoms with Crippen molar-refractivity contribution in [1.29, 1.82) is 0 Å². The number of benzene rings is 1. The molecule has 0 saturated carbocycles. The smallest absolute Gasteiger partial charge is 0.125 e. The molecule has 1 N–H and O–H groups in total. The van der Waals surface area contributed by atoms with Gasteiger partial charge in [0.1, 0.15) is 17.7 Å². The topological polar surface area (TPSA) is 29.5 Å². The number of unbranched alkanes of at least 4 members (excludes halogenated alkanes) is 1. The molecule has 2 rings (SSSR count). The van der Waals surface area contributed by atoms with Crippen molar-refractivity contribution in [2.45, 2.75) is 44.8 Å². The van der Waals surface area contributed by atoms with E-state index in [1.165, 1.54) is 12.1 Å². The van der Waals surface area contributed by atoms with Crippen LogP contribution in [0.3, 0.4) is 0 Å². The number of hydrogen-bond donors (Lipinski definition) is 1. The molecule has 0 saturated heterocycles. The molecule has 1 heterocycles. The summed E-state index contributed by atoms with van der Waals surface area (Å²) in [6.45, 7) is 2.13. The number of halogens is 1. The van der Waals surface area contributed by atoms with Crippen LogP contribution in [0, 0.1) is 5.82 Å². The number of aliphatic hydroxyl groups excluding tert-OH is 1. The molecule has 0 aromatic heterocycles. The van der Waals surface area contributed by atoms with Crippen LogP contribution in [0.5, 0.6) is 5.75 Å². The molecule has 1 unspecified atom stereocenters. The number of aliphatic hydroxyl groups is 1. The van der Waals surface area contributed by atoms with E-state index in [-0.39, 0.29) is 11.9 Å². The van der Waals surface area contributed by atoms with Gasteiger partial charge in [0.15, 0.2) is 0 Å². The Balaban J connectivity index is 2.13. The summed E-state index contributed by atoms with van der Waals surface area (Å²) in [4.78, 5) is 0. The van der Waals surface area contributed by atoms with Crippen molar-refractivity contribution in [3.05, 3.63) is 29.6 Å². The zero-order valence-electron chi connectivity index (χ0n) is 9.45. The Bertz CT molecular complexity index is 365. The predicted molar refractivity (Wildman–Crippen MR) is 59.9 cm³/mol.